The number of hydrogen-bond donors (Lipinski definition) is 2. The van der Waals surface area contributed by atoms with Crippen molar-refractivity contribution in [3.63, 3.8) is 0 Å². The summed E-state index contributed by atoms with van der Waals surface area (Å²) in [5.74, 6) is -0.509. The zero-order chi connectivity index (χ0) is 17.1. The average Bonchev–Trinajstić information content (AvgIpc) is 2.83. The minimum absolute atomic E-state index is 0.00342. The summed E-state index contributed by atoms with van der Waals surface area (Å²) in [6, 6.07) is 3.57. The summed E-state index contributed by atoms with van der Waals surface area (Å²) in [6.07, 6.45) is -4.84. The van der Waals surface area contributed by atoms with Crippen molar-refractivity contribution in [3.8, 4) is 5.75 Å². The number of nitrogens with one attached hydrogen (secondary N) is 2. The molecule has 0 spiro atoms. The summed E-state index contributed by atoms with van der Waals surface area (Å²) in [4.78, 5) is 12.5. The number of urea groups is 1. The average molecular weight is 353 g/mol. The molecule has 2 rings (SSSR count). The number of amides is 2. The van der Waals surface area contributed by atoms with E-state index in [4.69, 9.17) is 0 Å². The molecule has 1 aromatic rings. The highest BCUT2D eigenvalue weighted by Crippen LogP contribution is 2.23. The smallest absolute Gasteiger partial charge is 0.406 e. The summed E-state index contributed by atoms with van der Waals surface area (Å²) >= 11 is 0. The van der Waals surface area contributed by atoms with Crippen LogP contribution in [0, 0.1) is 0 Å². The monoisotopic (exact) mass is 353 g/mol. The maximum atomic E-state index is 12.0. The zero-order valence-electron chi connectivity index (χ0n) is 11.8. The van der Waals surface area contributed by atoms with E-state index in [-0.39, 0.29) is 24.0 Å². The molecule has 1 heterocycles. The highest BCUT2D eigenvalue weighted by Gasteiger charge is 2.31. The first-order valence-corrected chi connectivity index (χ1v) is 8.04. The number of benzene rings is 1. The predicted molar refractivity (Wildman–Crippen MR) is 73.3 cm³/mol. The first-order chi connectivity index (χ1) is 10.7. The molecular weight excluding hydrogens is 339 g/mol. The lowest BCUT2D eigenvalue weighted by atomic mass is 10.3. The number of ether oxygens (including phenoxy) is 1. The Bertz CT molecular complexity index is 661. The minimum Gasteiger partial charge on any atom is -0.406 e. The van der Waals surface area contributed by atoms with Gasteiger partial charge in [0.05, 0.1) is 4.90 Å². The molecule has 0 atom stereocenters. The highest BCUT2D eigenvalue weighted by molar-refractivity contribution is 7.89. The Morgan fingerprint density at radius 2 is 1.91 bits per heavy atom. The molecule has 0 radical (unpaired) electrons. The Balaban J connectivity index is 1.92. The van der Waals surface area contributed by atoms with Crippen LogP contribution in [0.5, 0.6) is 5.75 Å². The standard InChI is InChI=1S/C12H14F3N3O4S/c13-12(14,15)22-9-1-3-10(4-2-9)23(20,21)17-6-8-18-7-5-16-11(18)19/h1-4,17H,5-8H2,(H,16,19). The van der Waals surface area contributed by atoms with Crippen molar-refractivity contribution in [2.45, 2.75) is 11.3 Å². The second-order valence-corrected chi connectivity index (χ2v) is 6.40. The maximum absolute atomic E-state index is 12.0. The van der Waals surface area contributed by atoms with Crippen molar-refractivity contribution in [2.75, 3.05) is 26.2 Å². The van der Waals surface area contributed by atoms with Gasteiger partial charge in [-0.05, 0) is 24.3 Å². The fraction of sp³-hybridized carbons (Fsp3) is 0.417. The number of hydrogen-bond acceptors (Lipinski definition) is 4. The van der Waals surface area contributed by atoms with Gasteiger partial charge in [0.1, 0.15) is 5.75 Å². The quantitative estimate of drug-likeness (QED) is 0.795. The zero-order valence-corrected chi connectivity index (χ0v) is 12.6. The fourth-order valence-electron chi connectivity index (χ4n) is 1.94. The van der Waals surface area contributed by atoms with Gasteiger partial charge in [0.25, 0.3) is 0 Å². The van der Waals surface area contributed by atoms with Gasteiger partial charge in [-0.3, -0.25) is 0 Å². The van der Waals surface area contributed by atoms with Gasteiger partial charge in [0, 0.05) is 26.2 Å². The van der Waals surface area contributed by atoms with Crippen LogP contribution in [0.2, 0.25) is 0 Å². The van der Waals surface area contributed by atoms with Crippen LogP contribution in [0.3, 0.4) is 0 Å². The third kappa shape index (κ3) is 4.99. The van der Waals surface area contributed by atoms with E-state index in [0.717, 1.165) is 24.3 Å². The van der Waals surface area contributed by atoms with Crippen LogP contribution in [0.15, 0.2) is 29.2 Å². The van der Waals surface area contributed by atoms with Crippen molar-refractivity contribution in [1.82, 2.24) is 14.9 Å². The molecule has 0 bridgehead atoms. The summed E-state index contributed by atoms with van der Waals surface area (Å²) in [7, 11) is -3.88. The Labute approximate surface area is 130 Å². The van der Waals surface area contributed by atoms with Crippen LogP contribution in [0.4, 0.5) is 18.0 Å². The van der Waals surface area contributed by atoms with Gasteiger partial charge in [0.2, 0.25) is 10.0 Å². The molecule has 1 aromatic carbocycles. The first-order valence-electron chi connectivity index (χ1n) is 6.56. The predicted octanol–water partition coefficient (Wildman–Crippen LogP) is 0.889. The summed E-state index contributed by atoms with van der Waals surface area (Å²) in [6.45, 7) is 1.19. The van der Waals surface area contributed by atoms with Crippen molar-refractivity contribution < 1.29 is 31.1 Å². The summed E-state index contributed by atoms with van der Waals surface area (Å²) in [5.41, 5.74) is 0. The molecule has 1 aliphatic rings. The summed E-state index contributed by atoms with van der Waals surface area (Å²) in [5, 5.41) is 2.58. The molecule has 2 N–H and O–H groups in total. The lowest BCUT2D eigenvalue weighted by molar-refractivity contribution is -0.274. The van der Waals surface area contributed by atoms with Crippen LogP contribution >= 0.6 is 0 Å². The van der Waals surface area contributed by atoms with Crippen molar-refractivity contribution in [1.29, 1.82) is 0 Å². The Morgan fingerprint density at radius 3 is 2.43 bits per heavy atom. The number of halogens is 3. The SMILES string of the molecule is O=C1NCCN1CCNS(=O)(=O)c1ccc(OC(F)(F)F)cc1. The Morgan fingerprint density at radius 1 is 1.26 bits per heavy atom. The molecule has 1 aliphatic heterocycles. The van der Waals surface area contributed by atoms with Crippen molar-refractivity contribution >= 4 is 16.1 Å². The number of rotatable bonds is 6. The lowest BCUT2D eigenvalue weighted by Gasteiger charge is -2.14. The molecule has 0 aliphatic carbocycles. The van der Waals surface area contributed by atoms with Crippen LogP contribution in [0.1, 0.15) is 0 Å². The van der Waals surface area contributed by atoms with Crippen molar-refractivity contribution in [3.05, 3.63) is 24.3 Å². The molecule has 0 unspecified atom stereocenters. The van der Waals surface area contributed by atoms with Gasteiger partial charge < -0.3 is 15.0 Å². The van der Waals surface area contributed by atoms with E-state index in [1.807, 2.05) is 0 Å². The number of sulfonamides is 1. The number of carbonyl (C=O) groups excluding carboxylic acids is 1. The van der Waals surface area contributed by atoms with E-state index >= 15 is 0 Å². The van der Waals surface area contributed by atoms with Crippen molar-refractivity contribution in [2.24, 2.45) is 0 Å². The lowest BCUT2D eigenvalue weighted by Crippen LogP contribution is -2.36. The topological polar surface area (TPSA) is 87.7 Å². The summed E-state index contributed by atoms with van der Waals surface area (Å²) < 4.78 is 66.0. The van der Waals surface area contributed by atoms with Crippen LogP contribution in [-0.4, -0.2) is 51.9 Å². The maximum Gasteiger partial charge on any atom is 0.573 e. The normalized spacial score (nSPS) is 15.6. The van der Waals surface area contributed by atoms with Crippen LogP contribution < -0.4 is 14.8 Å². The number of alkyl halides is 3. The van der Waals surface area contributed by atoms with E-state index < -0.39 is 22.1 Å². The first kappa shape index (κ1) is 17.3. The number of carbonyl (C=O) groups is 1. The van der Waals surface area contributed by atoms with Crippen LogP contribution in [0.25, 0.3) is 0 Å². The Hall–Kier alpha value is -2.01. The van der Waals surface area contributed by atoms with Gasteiger partial charge in [-0.25, -0.2) is 17.9 Å². The molecule has 7 nitrogen and oxygen atoms in total. The fourth-order valence-corrected chi connectivity index (χ4v) is 2.96. The third-order valence-electron chi connectivity index (χ3n) is 2.99. The highest BCUT2D eigenvalue weighted by atomic mass is 32.2. The molecule has 0 aromatic heterocycles. The van der Waals surface area contributed by atoms with Gasteiger partial charge in [0.15, 0.2) is 0 Å². The molecule has 1 fully saturated rings. The molecular formula is C12H14F3N3O4S. The van der Waals surface area contributed by atoms with E-state index in [9.17, 15) is 26.4 Å². The molecule has 11 heteroatoms. The number of nitrogens with zero attached hydrogens (tertiary/aromatic N) is 1. The molecule has 23 heavy (non-hydrogen) atoms. The van der Waals surface area contributed by atoms with E-state index in [0.29, 0.717) is 13.1 Å². The van der Waals surface area contributed by atoms with Gasteiger partial charge >= 0.3 is 12.4 Å². The molecule has 128 valence electrons. The van der Waals surface area contributed by atoms with Crippen LogP contribution in [-0.2, 0) is 10.0 Å². The largest absolute Gasteiger partial charge is 0.573 e. The Kier molecular flexibility index (Phi) is 5.00. The van der Waals surface area contributed by atoms with E-state index in [1.165, 1.54) is 4.90 Å². The molecule has 1 saturated heterocycles. The van der Waals surface area contributed by atoms with E-state index in [1.54, 1.807) is 0 Å². The van der Waals surface area contributed by atoms with E-state index in [2.05, 4.69) is 14.8 Å². The third-order valence-corrected chi connectivity index (χ3v) is 4.46. The second kappa shape index (κ2) is 6.62. The van der Waals surface area contributed by atoms with Gasteiger partial charge in [-0.2, -0.15) is 0 Å². The van der Waals surface area contributed by atoms with Gasteiger partial charge in [-0.1, -0.05) is 0 Å². The minimum atomic E-state index is -4.84. The van der Waals surface area contributed by atoms with Gasteiger partial charge in [-0.15, -0.1) is 13.2 Å². The molecule has 2 amide bonds. The molecule has 0 saturated carbocycles. The second-order valence-electron chi connectivity index (χ2n) is 4.64.